The van der Waals surface area contributed by atoms with Gasteiger partial charge >= 0.3 is 0 Å². The fraction of sp³-hybridized carbons (Fsp3) is 0.500. The molecule has 1 amide bonds. The number of ether oxygens (including phenoxy) is 1. The quantitative estimate of drug-likeness (QED) is 0.773. The zero-order valence-corrected chi connectivity index (χ0v) is 13.8. The number of piperazine rings is 1. The van der Waals surface area contributed by atoms with E-state index in [9.17, 15) is 4.79 Å². The van der Waals surface area contributed by atoms with Gasteiger partial charge in [0.1, 0.15) is 5.75 Å². The van der Waals surface area contributed by atoms with Crippen molar-refractivity contribution < 1.29 is 9.53 Å². The third-order valence-electron chi connectivity index (χ3n) is 3.45. The fourth-order valence-electron chi connectivity index (χ4n) is 2.31. The maximum absolute atomic E-state index is 12.5. The lowest BCUT2D eigenvalue weighted by Crippen LogP contribution is -2.49. The summed E-state index contributed by atoms with van der Waals surface area (Å²) >= 11 is 9.36. The van der Waals surface area contributed by atoms with Crippen molar-refractivity contribution in [2.45, 2.75) is 0 Å². The molecule has 0 aliphatic carbocycles. The smallest absolute Gasteiger partial charge is 0.257 e. The molecule has 0 unspecified atom stereocenters. The Kier molecular flexibility index (Phi) is 5.69. The highest BCUT2D eigenvalue weighted by molar-refractivity contribution is 9.09. The summed E-state index contributed by atoms with van der Waals surface area (Å²) < 4.78 is 5.25. The summed E-state index contributed by atoms with van der Waals surface area (Å²) in [4.78, 5) is 16.7. The van der Waals surface area contributed by atoms with Gasteiger partial charge in [-0.2, -0.15) is 0 Å². The molecular weight excluding hydrogens is 344 g/mol. The minimum absolute atomic E-state index is 0.0111. The predicted octanol–water partition coefficient (Wildman–Crippen LogP) is 2.50. The van der Waals surface area contributed by atoms with Gasteiger partial charge < -0.3 is 9.64 Å². The number of nitrogens with zero attached hydrogens (tertiary/aromatic N) is 2. The molecule has 0 bridgehead atoms. The molecule has 2 rings (SSSR count). The number of amides is 1. The Morgan fingerprint density at radius 2 is 2.05 bits per heavy atom. The van der Waals surface area contributed by atoms with E-state index in [4.69, 9.17) is 16.3 Å². The van der Waals surface area contributed by atoms with Crippen LogP contribution in [0.1, 0.15) is 10.4 Å². The largest absolute Gasteiger partial charge is 0.496 e. The summed E-state index contributed by atoms with van der Waals surface area (Å²) in [7, 11) is 1.55. The van der Waals surface area contributed by atoms with E-state index < -0.39 is 0 Å². The lowest BCUT2D eigenvalue weighted by Gasteiger charge is -2.34. The van der Waals surface area contributed by atoms with Gasteiger partial charge in [-0.05, 0) is 18.2 Å². The Balaban J connectivity index is 2.05. The first-order valence-corrected chi connectivity index (χ1v) is 8.06. The van der Waals surface area contributed by atoms with Crippen molar-refractivity contribution in [3.05, 3.63) is 28.8 Å². The summed E-state index contributed by atoms with van der Waals surface area (Å²) in [6.45, 7) is 4.34. The molecule has 1 saturated heterocycles. The zero-order chi connectivity index (χ0) is 14.5. The number of alkyl halides is 1. The van der Waals surface area contributed by atoms with Crippen LogP contribution in [0.5, 0.6) is 5.75 Å². The number of methoxy groups -OCH3 is 1. The van der Waals surface area contributed by atoms with Crippen LogP contribution in [0, 0.1) is 0 Å². The normalized spacial score (nSPS) is 16.2. The standard InChI is InChI=1S/C14H18BrClN2O2/c1-20-13-10-11(16)2-3-12(13)14(19)18-8-6-17(5-4-15)7-9-18/h2-3,10H,4-9H2,1H3. The molecule has 110 valence electrons. The maximum Gasteiger partial charge on any atom is 0.257 e. The van der Waals surface area contributed by atoms with Gasteiger partial charge in [0, 0.05) is 43.1 Å². The van der Waals surface area contributed by atoms with E-state index in [1.54, 1.807) is 25.3 Å². The highest BCUT2D eigenvalue weighted by Crippen LogP contribution is 2.24. The van der Waals surface area contributed by atoms with Crippen LogP contribution in [0.15, 0.2) is 18.2 Å². The van der Waals surface area contributed by atoms with E-state index in [1.165, 1.54) is 0 Å². The van der Waals surface area contributed by atoms with E-state index in [0.29, 0.717) is 16.3 Å². The molecule has 1 aliphatic rings. The maximum atomic E-state index is 12.5. The van der Waals surface area contributed by atoms with Crippen molar-refractivity contribution >= 4 is 33.4 Å². The fourth-order valence-corrected chi connectivity index (χ4v) is 2.97. The van der Waals surface area contributed by atoms with Crippen molar-refractivity contribution in [3.8, 4) is 5.75 Å². The highest BCUT2D eigenvalue weighted by Gasteiger charge is 2.23. The Labute approximate surface area is 132 Å². The Morgan fingerprint density at radius 1 is 1.35 bits per heavy atom. The number of carbonyl (C=O) groups is 1. The number of rotatable bonds is 4. The van der Waals surface area contributed by atoms with Gasteiger partial charge in [0.2, 0.25) is 0 Å². The molecule has 1 aliphatic heterocycles. The van der Waals surface area contributed by atoms with Gasteiger partial charge in [-0.15, -0.1) is 0 Å². The predicted molar refractivity (Wildman–Crippen MR) is 84.1 cm³/mol. The minimum atomic E-state index is 0.0111. The van der Waals surface area contributed by atoms with Crippen LogP contribution in [0.4, 0.5) is 0 Å². The van der Waals surface area contributed by atoms with Crippen molar-refractivity contribution in [2.24, 2.45) is 0 Å². The van der Waals surface area contributed by atoms with Crippen molar-refractivity contribution in [1.29, 1.82) is 0 Å². The summed E-state index contributed by atoms with van der Waals surface area (Å²) in [6, 6.07) is 5.13. The molecule has 0 N–H and O–H groups in total. The first-order valence-electron chi connectivity index (χ1n) is 6.57. The molecule has 1 heterocycles. The molecule has 6 heteroatoms. The molecule has 4 nitrogen and oxygen atoms in total. The number of carbonyl (C=O) groups excluding carboxylic acids is 1. The average molecular weight is 362 g/mol. The second-order valence-electron chi connectivity index (χ2n) is 4.67. The molecule has 0 spiro atoms. The van der Waals surface area contributed by atoms with Crippen LogP contribution in [0.25, 0.3) is 0 Å². The molecule has 1 fully saturated rings. The number of hydrogen-bond donors (Lipinski definition) is 0. The van der Waals surface area contributed by atoms with E-state index in [-0.39, 0.29) is 5.91 Å². The van der Waals surface area contributed by atoms with Crippen LogP contribution in [0.2, 0.25) is 5.02 Å². The summed E-state index contributed by atoms with van der Waals surface area (Å²) in [6.07, 6.45) is 0. The van der Waals surface area contributed by atoms with E-state index in [2.05, 4.69) is 20.8 Å². The molecule has 20 heavy (non-hydrogen) atoms. The van der Waals surface area contributed by atoms with Crippen LogP contribution < -0.4 is 4.74 Å². The summed E-state index contributed by atoms with van der Waals surface area (Å²) in [5.41, 5.74) is 0.575. The lowest BCUT2D eigenvalue weighted by molar-refractivity contribution is 0.0641. The molecule has 1 aromatic carbocycles. The Hall–Kier alpha value is -0.780. The van der Waals surface area contributed by atoms with Gasteiger partial charge in [0.15, 0.2) is 0 Å². The van der Waals surface area contributed by atoms with E-state index >= 15 is 0 Å². The van der Waals surface area contributed by atoms with Gasteiger partial charge in [-0.3, -0.25) is 9.69 Å². The number of hydrogen-bond acceptors (Lipinski definition) is 3. The molecule has 0 saturated carbocycles. The first-order chi connectivity index (χ1) is 9.65. The molecule has 0 aromatic heterocycles. The van der Waals surface area contributed by atoms with Gasteiger partial charge in [0.05, 0.1) is 12.7 Å². The topological polar surface area (TPSA) is 32.8 Å². The van der Waals surface area contributed by atoms with Gasteiger partial charge in [-0.1, -0.05) is 27.5 Å². The second-order valence-corrected chi connectivity index (χ2v) is 5.90. The number of benzene rings is 1. The third kappa shape index (κ3) is 3.65. The monoisotopic (exact) mass is 360 g/mol. The minimum Gasteiger partial charge on any atom is -0.496 e. The summed E-state index contributed by atoms with van der Waals surface area (Å²) in [5.74, 6) is 0.544. The van der Waals surface area contributed by atoms with Gasteiger partial charge in [-0.25, -0.2) is 0 Å². The van der Waals surface area contributed by atoms with Crippen molar-refractivity contribution in [2.75, 3.05) is 45.2 Å². The van der Waals surface area contributed by atoms with Crippen LogP contribution >= 0.6 is 27.5 Å². The lowest BCUT2D eigenvalue weighted by atomic mass is 10.1. The Bertz CT molecular complexity index is 476. The van der Waals surface area contributed by atoms with Crippen LogP contribution in [-0.2, 0) is 0 Å². The van der Waals surface area contributed by atoms with Gasteiger partial charge in [0.25, 0.3) is 5.91 Å². The summed E-state index contributed by atoms with van der Waals surface area (Å²) in [5, 5.41) is 1.53. The Morgan fingerprint density at radius 3 is 2.65 bits per heavy atom. The molecule has 0 radical (unpaired) electrons. The zero-order valence-electron chi connectivity index (χ0n) is 11.4. The first kappa shape index (κ1) is 15.6. The van der Waals surface area contributed by atoms with E-state index in [1.807, 2.05) is 4.90 Å². The van der Waals surface area contributed by atoms with Crippen LogP contribution in [-0.4, -0.2) is 60.9 Å². The van der Waals surface area contributed by atoms with Crippen molar-refractivity contribution in [1.82, 2.24) is 9.80 Å². The molecule has 1 aromatic rings. The molecular formula is C14H18BrClN2O2. The van der Waals surface area contributed by atoms with Crippen LogP contribution in [0.3, 0.4) is 0 Å². The van der Waals surface area contributed by atoms with E-state index in [0.717, 1.165) is 38.1 Å². The number of halogens is 2. The molecule has 0 atom stereocenters. The van der Waals surface area contributed by atoms with Crippen molar-refractivity contribution in [3.63, 3.8) is 0 Å². The third-order valence-corrected chi connectivity index (χ3v) is 4.04. The second kappa shape index (κ2) is 7.29. The highest BCUT2D eigenvalue weighted by atomic mass is 79.9. The average Bonchev–Trinajstić information content (AvgIpc) is 2.47. The SMILES string of the molecule is COc1cc(Cl)ccc1C(=O)N1CCN(CCBr)CC1.